The Morgan fingerprint density at radius 2 is 2.09 bits per heavy atom. The maximum Gasteiger partial charge on any atom is 0.0588 e. The topological polar surface area (TPSA) is 40.5 Å². The van der Waals surface area contributed by atoms with E-state index in [9.17, 15) is 10.2 Å². The van der Waals surface area contributed by atoms with Crippen molar-refractivity contribution in [3.8, 4) is 0 Å². The number of fused-ring (bicyclic) bond motifs is 5. The van der Waals surface area contributed by atoms with Crippen molar-refractivity contribution in [1.29, 1.82) is 0 Å². The minimum atomic E-state index is -0.272. The molecule has 23 heavy (non-hydrogen) atoms. The van der Waals surface area contributed by atoms with Gasteiger partial charge in [-0.15, -0.1) is 0 Å². The van der Waals surface area contributed by atoms with Gasteiger partial charge in [0.1, 0.15) is 0 Å². The second-order valence-electron chi connectivity index (χ2n) is 8.86. The Hall–Kier alpha value is -0.600. The van der Waals surface area contributed by atoms with E-state index in [0.29, 0.717) is 11.3 Å². The number of rotatable bonds is 2. The van der Waals surface area contributed by atoms with Gasteiger partial charge in [0.05, 0.1) is 12.7 Å². The van der Waals surface area contributed by atoms with Crippen LogP contribution < -0.4 is 0 Å². The van der Waals surface area contributed by atoms with Gasteiger partial charge < -0.3 is 10.2 Å². The molecule has 7 atom stereocenters. The fourth-order valence-corrected chi connectivity index (χ4v) is 7.28. The molecule has 0 radical (unpaired) electrons. The van der Waals surface area contributed by atoms with Gasteiger partial charge in [-0.25, -0.2) is 0 Å². The smallest absolute Gasteiger partial charge is 0.0588 e. The predicted octanol–water partition coefficient (Wildman–Crippen LogP) is 4.08. The molecule has 2 nitrogen and oxygen atoms in total. The third kappa shape index (κ3) is 2.00. The largest absolute Gasteiger partial charge is 0.395 e. The Bertz CT molecular complexity index is 536. The summed E-state index contributed by atoms with van der Waals surface area (Å²) in [6.07, 6.45) is 14.6. The molecule has 3 saturated carbocycles. The van der Waals surface area contributed by atoms with Gasteiger partial charge in [0.2, 0.25) is 0 Å². The molecule has 3 fully saturated rings. The van der Waals surface area contributed by atoms with E-state index in [2.05, 4.69) is 32.1 Å². The van der Waals surface area contributed by atoms with Crippen LogP contribution in [-0.2, 0) is 0 Å². The summed E-state index contributed by atoms with van der Waals surface area (Å²) >= 11 is 0. The molecule has 4 aliphatic carbocycles. The van der Waals surface area contributed by atoms with Crippen molar-refractivity contribution in [1.82, 2.24) is 0 Å². The molecule has 0 spiro atoms. The SMILES string of the molecule is CC[C@H]1CC[C@H]2[C@@H]3CCC4=CCC=C[C@]4(CO)[C@H]3C(O)C[C@]12C. The number of allylic oxidation sites excluding steroid dienone is 2. The second kappa shape index (κ2) is 5.46. The van der Waals surface area contributed by atoms with Crippen LogP contribution in [0, 0.1) is 34.5 Å². The van der Waals surface area contributed by atoms with Crippen LogP contribution in [0.2, 0.25) is 0 Å². The fraction of sp³-hybridized carbons (Fsp3) is 0.810. The lowest BCUT2D eigenvalue weighted by molar-refractivity contribution is -0.127. The molecular formula is C21H32O2. The maximum absolute atomic E-state index is 11.2. The average molecular weight is 316 g/mol. The second-order valence-corrected chi connectivity index (χ2v) is 8.86. The zero-order valence-corrected chi connectivity index (χ0v) is 14.7. The molecule has 1 unspecified atom stereocenters. The quantitative estimate of drug-likeness (QED) is 0.754. The monoisotopic (exact) mass is 316 g/mol. The molecule has 4 aliphatic rings. The van der Waals surface area contributed by atoms with Gasteiger partial charge in [0.25, 0.3) is 0 Å². The summed E-state index contributed by atoms with van der Waals surface area (Å²) in [5, 5.41) is 21.5. The highest BCUT2D eigenvalue weighted by atomic mass is 16.3. The van der Waals surface area contributed by atoms with Gasteiger partial charge in [0.15, 0.2) is 0 Å². The van der Waals surface area contributed by atoms with Crippen LogP contribution >= 0.6 is 0 Å². The van der Waals surface area contributed by atoms with Gasteiger partial charge in [-0.3, -0.25) is 0 Å². The Kier molecular flexibility index (Phi) is 3.77. The highest BCUT2D eigenvalue weighted by Crippen LogP contribution is 2.66. The lowest BCUT2D eigenvalue weighted by atomic mass is 9.46. The van der Waals surface area contributed by atoms with Gasteiger partial charge >= 0.3 is 0 Å². The Morgan fingerprint density at radius 3 is 2.83 bits per heavy atom. The first kappa shape index (κ1) is 15.9. The summed E-state index contributed by atoms with van der Waals surface area (Å²) in [7, 11) is 0. The average Bonchev–Trinajstić information content (AvgIpc) is 2.89. The van der Waals surface area contributed by atoms with Crippen LogP contribution in [0.3, 0.4) is 0 Å². The summed E-state index contributed by atoms with van der Waals surface area (Å²) in [5.41, 5.74) is 1.44. The Labute approximate surface area is 140 Å². The van der Waals surface area contributed by atoms with Crippen LogP contribution in [0.25, 0.3) is 0 Å². The van der Waals surface area contributed by atoms with Crippen LogP contribution in [0.5, 0.6) is 0 Å². The highest BCUT2D eigenvalue weighted by molar-refractivity contribution is 5.33. The lowest BCUT2D eigenvalue weighted by Gasteiger charge is -2.59. The summed E-state index contributed by atoms with van der Waals surface area (Å²) in [6, 6.07) is 0. The molecular weight excluding hydrogens is 284 g/mol. The van der Waals surface area contributed by atoms with Crippen molar-refractivity contribution in [3.63, 3.8) is 0 Å². The summed E-state index contributed by atoms with van der Waals surface area (Å²) in [4.78, 5) is 0. The fourth-order valence-electron chi connectivity index (χ4n) is 7.28. The van der Waals surface area contributed by atoms with Gasteiger partial charge in [-0.05, 0) is 61.7 Å². The minimum Gasteiger partial charge on any atom is -0.395 e. The maximum atomic E-state index is 11.2. The first-order valence-electron chi connectivity index (χ1n) is 9.73. The van der Waals surface area contributed by atoms with Crippen LogP contribution in [0.4, 0.5) is 0 Å². The normalized spacial score (nSPS) is 51.7. The molecule has 0 heterocycles. The van der Waals surface area contributed by atoms with E-state index in [0.717, 1.165) is 31.1 Å². The van der Waals surface area contributed by atoms with E-state index < -0.39 is 0 Å². The molecule has 128 valence electrons. The zero-order chi connectivity index (χ0) is 16.2. The molecule has 2 N–H and O–H groups in total. The van der Waals surface area contributed by atoms with Crippen molar-refractivity contribution < 1.29 is 10.2 Å². The molecule has 0 aromatic heterocycles. The van der Waals surface area contributed by atoms with Crippen molar-refractivity contribution in [3.05, 3.63) is 23.8 Å². The van der Waals surface area contributed by atoms with E-state index >= 15 is 0 Å². The minimum absolute atomic E-state index is 0.161. The molecule has 4 rings (SSSR count). The third-order valence-corrected chi connectivity index (χ3v) is 8.26. The van der Waals surface area contributed by atoms with Gasteiger partial charge in [0, 0.05) is 11.3 Å². The lowest BCUT2D eigenvalue weighted by Crippen LogP contribution is -2.57. The highest BCUT2D eigenvalue weighted by Gasteiger charge is 2.61. The van der Waals surface area contributed by atoms with Crippen LogP contribution in [0.15, 0.2) is 23.8 Å². The summed E-state index contributed by atoms with van der Waals surface area (Å²) < 4.78 is 0. The molecule has 0 aromatic rings. The van der Waals surface area contributed by atoms with E-state index in [4.69, 9.17) is 0 Å². The van der Waals surface area contributed by atoms with Crippen molar-refractivity contribution in [2.75, 3.05) is 6.61 Å². The number of aliphatic hydroxyl groups is 2. The number of aliphatic hydroxyl groups excluding tert-OH is 2. The predicted molar refractivity (Wildman–Crippen MR) is 92.8 cm³/mol. The molecule has 0 saturated heterocycles. The first-order valence-corrected chi connectivity index (χ1v) is 9.73. The molecule has 0 amide bonds. The first-order chi connectivity index (χ1) is 11.1. The van der Waals surface area contributed by atoms with Gasteiger partial charge in [-0.1, -0.05) is 44.1 Å². The van der Waals surface area contributed by atoms with Gasteiger partial charge in [-0.2, -0.15) is 0 Å². The molecule has 0 bridgehead atoms. The molecule has 0 aliphatic heterocycles. The third-order valence-electron chi connectivity index (χ3n) is 8.26. The van der Waals surface area contributed by atoms with Crippen molar-refractivity contribution in [2.24, 2.45) is 34.5 Å². The van der Waals surface area contributed by atoms with E-state index in [1.54, 1.807) is 0 Å². The van der Waals surface area contributed by atoms with Crippen LogP contribution in [-0.4, -0.2) is 22.9 Å². The Balaban J connectivity index is 1.75. The van der Waals surface area contributed by atoms with Crippen molar-refractivity contribution >= 4 is 0 Å². The number of hydrogen-bond donors (Lipinski definition) is 2. The zero-order valence-electron chi connectivity index (χ0n) is 14.7. The Morgan fingerprint density at radius 1 is 1.26 bits per heavy atom. The van der Waals surface area contributed by atoms with Crippen molar-refractivity contribution in [2.45, 2.75) is 64.9 Å². The van der Waals surface area contributed by atoms with E-state index in [1.165, 1.54) is 31.3 Å². The van der Waals surface area contributed by atoms with E-state index in [-0.39, 0.29) is 24.0 Å². The number of hydrogen-bond acceptors (Lipinski definition) is 2. The molecule has 0 aromatic carbocycles. The van der Waals surface area contributed by atoms with E-state index in [1.807, 2.05) is 0 Å². The standard InChI is InChI=1S/C21H32O2/c1-3-14-8-10-17-16-9-7-15-6-4-5-11-21(15,13-22)19(16)18(23)12-20(14,17)2/h5-6,11,14,16-19,22-23H,3-4,7-10,12-13H2,1-2H3/t14-,16-,17-,18?,19+,20+,21+/m0/s1. The summed E-state index contributed by atoms with van der Waals surface area (Å²) in [5.74, 6) is 2.30. The molecule has 2 heteroatoms. The summed E-state index contributed by atoms with van der Waals surface area (Å²) in [6.45, 7) is 4.93. The van der Waals surface area contributed by atoms with Crippen LogP contribution in [0.1, 0.15) is 58.8 Å².